The SMILES string of the molecule is O=C1Oc2ccccc2[C@]1(c1ccccc1)[C@]1(c2ccccc2)C(=O)Oc2ccccc21. The van der Waals surface area contributed by atoms with E-state index in [4.69, 9.17) is 9.47 Å². The van der Waals surface area contributed by atoms with E-state index in [-0.39, 0.29) is 0 Å². The summed E-state index contributed by atoms with van der Waals surface area (Å²) >= 11 is 0. The number of para-hydroxylation sites is 2. The average molecular weight is 418 g/mol. The van der Waals surface area contributed by atoms with Gasteiger partial charge in [-0.25, -0.2) is 0 Å². The van der Waals surface area contributed by atoms with E-state index in [0.29, 0.717) is 33.8 Å². The Labute approximate surface area is 185 Å². The first-order chi connectivity index (χ1) is 15.7. The molecule has 0 aromatic heterocycles. The van der Waals surface area contributed by atoms with Crippen molar-refractivity contribution in [2.75, 3.05) is 0 Å². The number of benzene rings is 4. The van der Waals surface area contributed by atoms with Crippen LogP contribution in [0.4, 0.5) is 0 Å². The van der Waals surface area contributed by atoms with Gasteiger partial charge in [-0.05, 0) is 23.3 Å². The third-order valence-corrected chi connectivity index (χ3v) is 6.58. The quantitative estimate of drug-likeness (QED) is 0.354. The Morgan fingerprint density at radius 1 is 0.438 bits per heavy atom. The molecular weight excluding hydrogens is 400 g/mol. The minimum absolute atomic E-state index is 0.453. The molecule has 154 valence electrons. The van der Waals surface area contributed by atoms with E-state index in [9.17, 15) is 9.59 Å². The highest BCUT2D eigenvalue weighted by Gasteiger charge is 2.72. The molecule has 4 aromatic carbocycles. The van der Waals surface area contributed by atoms with Crippen molar-refractivity contribution >= 4 is 11.9 Å². The average Bonchev–Trinajstić information content (AvgIpc) is 3.31. The van der Waals surface area contributed by atoms with Crippen LogP contribution >= 0.6 is 0 Å². The summed E-state index contributed by atoms with van der Waals surface area (Å²) in [5.41, 5.74) is -0.284. The zero-order chi connectivity index (χ0) is 21.8. The number of hydrogen-bond donors (Lipinski definition) is 0. The first-order valence-electron chi connectivity index (χ1n) is 10.5. The summed E-state index contributed by atoms with van der Waals surface area (Å²) in [6, 6.07) is 33.4. The number of esters is 2. The first kappa shape index (κ1) is 18.6. The van der Waals surface area contributed by atoms with Crippen LogP contribution in [0.15, 0.2) is 109 Å². The molecule has 4 aromatic rings. The zero-order valence-corrected chi connectivity index (χ0v) is 17.0. The van der Waals surface area contributed by atoms with Crippen molar-refractivity contribution in [2.45, 2.75) is 10.8 Å². The monoisotopic (exact) mass is 418 g/mol. The lowest BCUT2D eigenvalue weighted by molar-refractivity contribution is -0.147. The predicted molar refractivity (Wildman–Crippen MR) is 119 cm³/mol. The summed E-state index contributed by atoms with van der Waals surface area (Å²) in [6.07, 6.45) is 0. The molecule has 32 heavy (non-hydrogen) atoms. The van der Waals surface area contributed by atoms with Crippen LogP contribution in [0.1, 0.15) is 22.3 Å². The second-order valence-electron chi connectivity index (χ2n) is 8.00. The molecule has 6 rings (SSSR count). The topological polar surface area (TPSA) is 52.6 Å². The van der Waals surface area contributed by atoms with Gasteiger partial charge in [0.15, 0.2) is 0 Å². The molecule has 0 saturated heterocycles. The Kier molecular flexibility index (Phi) is 3.87. The molecule has 2 aliphatic rings. The van der Waals surface area contributed by atoms with E-state index in [0.717, 1.165) is 0 Å². The van der Waals surface area contributed by atoms with Crippen LogP contribution in [0, 0.1) is 0 Å². The highest BCUT2D eigenvalue weighted by atomic mass is 16.6. The molecule has 4 heteroatoms. The third-order valence-electron chi connectivity index (χ3n) is 6.58. The van der Waals surface area contributed by atoms with Crippen LogP contribution in [0.2, 0.25) is 0 Å². The summed E-state index contributed by atoms with van der Waals surface area (Å²) in [6.45, 7) is 0. The minimum atomic E-state index is -1.46. The molecule has 0 amide bonds. The van der Waals surface area contributed by atoms with Crippen molar-refractivity contribution in [3.05, 3.63) is 131 Å². The van der Waals surface area contributed by atoms with E-state index in [1.54, 1.807) is 12.1 Å². The van der Waals surface area contributed by atoms with Crippen molar-refractivity contribution < 1.29 is 19.1 Å². The molecule has 0 N–H and O–H groups in total. The van der Waals surface area contributed by atoms with Gasteiger partial charge in [-0.3, -0.25) is 9.59 Å². The van der Waals surface area contributed by atoms with E-state index >= 15 is 0 Å². The highest BCUT2D eigenvalue weighted by Crippen LogP contribution is 2.62. The standard InChI is InChI=1S/C28H18O4/c29-25-27(19-11-3-1-4-12-19,21-15-7-9-17-23(21)31-25)28(20-13-5-2-6-14-20)22-16-8-10-18-24(22)32-26(28)30/h1-18H/t27-,28-/m0/s1. The molecule has 0 fully saturated rings. The lowest BCUT2D eigenvalue weighted by atomic mass is 9.52. The van der Waals surface area contributed by atoms with Gasteiger partial charge in [0.05, 0.1) is 0 Å². The Hall–Kier alpha value is -4.18. The Morgan fingerprint density at radius 2 is 0.781 bits per heavy atom. The lowest BCUT2D eigenvalue weighted by Crippen LogP contribution is -2.58. The number of carbonyl (C=O) groups is 2. The van der Waals surface area contributed by atoms with E-state index in [2.05, 4.69) is 0 Å². The Morgan fingerprint density at radius 3 is 1.19 bits per heavy atom. The molecule has 0 radical (unpaired) electrons. The maximum absolute atomic E-state index is 14.0. The van der Waals surface area contributed by atoms with Crippen molar-refractivity contribution in [1.29, 1.82) is 0 Å². The fourth-order valence-electron chi connectivity index (χ4n) is 5.37. The van der Waals surface area contributed by atoms with Gasteiger partial charge in [-0.15, -0.1) is 0 Å². The lowest BCUT2D eigenvalue weighted by Gasteiger charge is -2.42. The predicted octanol–water partition coefficient (Wildman–Crippen LogP) is 4.80. The van der Waals surface area contributed by atoms with E-state index in [1.165, 1.54) is 0 Å². The van der Waals surface area contributed by atoms with Gasteiger partial charge in [-0.2, -0.15) is 0 Å². The zero-order valence-electron chi connectivity index (χ0n) is 17.0. The fourth-order valence-corrected chi connectivity index (χ4v) is 5.37. The molecule has 4 nitrogen and oxygen atoms in total. The molecule has 0 aliphatic carbocycles. The van der Waals surface area contributed by atoms with Crippen LogP contribution < -0.4 is 9.47 Å². The van der Waals surface area contributed by atoms with Crippen LogP contribution in [0.25, 0.3) is 0 Å². The largest absolute Gasteiger partial charge is 0.425 e. The molecule has 2 heterocycles. The van der Waals surface area contributed by atoms with Gasteiger partial charge in [0, 0.05) is 11.1 Å². The van der Waals surface area contributed by atoms with Crippen LogP contribution in [0.5, 0.6) is 11.5 Å². The van der Waals surface area contributed by atoms with Gasteiger partial charge < -0.3 is 9.47 Å². The van der Waals surface area contributed by atoms with Crippen LogP contribution in [-0.2, 0) is 20.4 Å². The Balaban J connectivity index is 1.85. The van der Waals surface area contributed by atoms with E-state index in [1.807, 2.05) is 97.1 Å². The number of ether oxygens (including phenoxy) is 2. The number of hydrogen-bond acceptors (Lipinski definition) is 4. The van der Waals surface area contributed by atoms with Gasteiger partial charge >= 0.3 is 11.9 Å². The highest BCUT2D eigenvalue weighted by molar-refractivity contribution is 6.08. The molecule has 0 saturated carbocycles. The third kappa shape index (κ3) is 2.11. The van der Waals surface area contributed by atoms with Crippen molar-refractivity contribution in [3.8, 4) is 11.5 Å². The van der Waals surface area contributed by atoms with Crippen molar-refractivity contribution in [1.82, 2.24) is 0 Å². The Bertz CT molecular complexity index is 1260. The molecule has 2 atom stereocenters. The summed E-state index contributed by atoms with van der Waals surface area (Å²) in [5, 5.41) is 0. The molecule has 0 bridgehead atoms. The van der Waals surface area contributed by atoms with Crippen molar-refractivity contribution in [2.24, 2.45) is 0 Å². The van der Waals surface area contributed by atoms with E-state index < -0.39 is 22.8 Å². The second-order valence-corrected chi connectivity index (χ2v) is 8.00. The van der Waals surface area contributed by atoms with Gasteiger partial charge in [0.2, 0.25) is 0 Å². The maximum Gasteiger partial charge on any atom is 0.328 e. The van der Waals surface area contributed by atoms with Crippen LogP contribution in [-0.4, -0.2) is 11.9 Å². The summed E-state index contributed by atoms with van der Waals surface area (Å²) < 4.78 is 11.7. The summed E-state index contributed by atoms with van der Waals surface area (Å²) in [7, 11) is 0. The normalized spacial score (nSPS) is 23.2. The number of fused-ring (bicyclic) bond motifs is 2. The second kappa shape index (κ2) is 6.66. The van der Waals surface area contributed by atoms with Crippen LogP contribution in [0.3, 0.4) is 0 Å². The molecular formula is C28H18O4. The summed E-state index contributed by atoms with van der Waals surface area (Å²) in [5.74, 6) is -0.0903. The molecule has 0 unspecified atom stereocenters. The maximum atomic E-state index is 14.0. The van der Waals surface area contributed by atoms with Gasteiger partial charge in [-0.1, -0.05) is 97.1 Å². The smallest absolute Gasteiger partial charge is 0.328 e. The van der Waals surface area contributed by atoms with Gasteiger partial charge in [0.25, 0.3) is 0 Å². The molecule has 2 aliphatic heterocycles. The van der Waals surface area contributed by atoms with Gasteiger partial charge in [0.1, 0.15) is 22.3 Å². The number of carbonyl (C=O) groups excluding carboxylic acids is 2. The first-order valence-corrected chi connectivity index (χ1v) is 10.5. The fraction of sp³-hybridized carbons (Fsp3) is 0.0714. The molecule has 0 spiro atoms. The minimum Gasteiger partial charge on any atom is -0.425 e. The number of rotatable bonds is 3. The summed E-state index contributed by atoms with van der Waals surface area (Å²) in [4.78, 5) is 28.1. The van der Waals surface area contributed by atoms with Crippen molar-refractivity contribution in [3.63, 3.8) is 0 Å².